The fourth-order valence-corrected chi connectivity index (χ4v) is 2.63. The van der Waals surface area contributed by atoms with Crippen molar-refractivity contribution in [2.24, 2.45) is 0 Å². The second kappa shape index (κ2) is 6.96. The van der Waals surface area contributed by atoms with Crippen LogP contribution >= 0.6 is 0 Å². The molecule has 5 heteroatoms. The van der Waals surface area contributed by atoms with E-state index in [2.05, 4.69) is 6.58 Å². The van der Waals surface area contributed by atoms with Crippen molar-refractivity contribution in [2.45, 2.75) is 64.5 Å². The molecule has 0 saturated carbocycles. The van der Waals surface area contributed by atoms with Crippen molar-refractivity contribution in [2.75, 3.05) is 13.2 Å². The lowest BCUT2D eigenvalue weighted by Gasteiger charge is -2.44. The third-order valence-electron chi connectivity index (χ3n) is 3.49. The van der Waals surface area contributed by atoms with Gasteiger partial charge in [0.05, 0.1) is 6.61 Å². The summed E-state index contributed by atoms with van der Waals surface area (Å²) in [5.74, 6) is -0.365. The van der Waals surface area contributed by atoms with Crippen molar-refractivity contribution in [1.82, 2.24) is 4.90 Å². The number of rotatable bonds is 4. The standard InChI is InChI=1S/C16H27NO4/c1-6-10-16(13(18)20-7-2)11-8-9-12-17(16)14(19)21-15(3,4)5/h6H,1,7-12H2,2-5H3. The van der Waals surface area contributed by atoms with Crippen LogP contribution in [-0.2, 0) is 14.3 Å². The number of nitrogens with zero attached hydrogens (tertiary/aromatic N) is 1. The van der Waals surface area contributed by atoms with Gasteiger partial charge in [0.15, 0.2) is 0 Å². The minimum Gasteiger partial charge on any atom is -0.464 e. The molecule has 0 aromatic carbocycles. The van der Waals surface area contributed by atoms with Gasteiger partial charge in [-0.05, 0) is 53.4 Å². The molecule has 1 rings (SSSR count). The van der Waals surface area contributed by atoms with Gasteiger partial charge in [-0.1, -0.05) is 6.08 Å². The lowest BCUT2D eigenvalue weighted by molar-refractivity contribution is -0.160. The highest BCUT2D eigenvalue weighted by Gasteiger charge is 2.49. The molecule has 1 fully saturated rings. The molecule has 1 unspecified atom stereocenters. The van der Waals surface area contributed by atoms with Crippen molar-refractivity contribution in [3.63, 3.8) is 0 Å². The average molecular weight is 297 g/mol. The molecule has 0 spiro atoms. The molecule has 0 bridgehead atoms. The van der Waals surface area contributed by atoms with E-state index in [4.69, 9.17) is 9.47 Å². The fraction of sp³-hybridized carbons (Fsp3) is 0.750. The van der Waals surface area contributed by atoms with Gasteiger partial charge in [-0.2, -0.15) is 0 Å². The van der Waals surface area contributed by atoms with Gasteiger partial charge in [0.2, 0.25) is 0 Å². The van der Waals surface area contributed by atoms with E-state index in [1.807, 2.05) is 20.8 Å². The van der Waals surface area contributed by atoms with Crippen LogP contribution in [0, 0.1) is 0 Å². The Bertz CT molecular complexity index is 400. The average Bonchev–Trinajstić information content (AvgIpc) is 2.37. The Labute approximate surface area is 127 Å². The summed E-state index contributed by atoms with van der Waals surface area (Å²) in [7, 11) is 0. The van der Waals surface area contributed by atoms with Crippen LogP contribution in [0.25, 0.3) is 0 Å². The number of carbonyl (C=O) groups is 2. The maximum Gasteiger partial charge on any atom is 0.411 e. The molecule has 1 aliphatic rings. The topological polar surface area (TPSA) is 55.8 Å². The third kappa shape index (κ3) is 4.22. The zero-order valence-corrected chi connectivity index (χ0v) is 13.6. The minimum atomic E-state index is -0.974. The number of esters is 1. The number of piperidine rings is 1. The zero-order chi connectivity index (χ0) is 16.1. The van der Waals surface area contributed by atoms with Crippen molar-refractivity contribution in [3.05, 3.63) is 12.7 Å². The lowest BCUT2D eigenvalue weighted by atomic mass is 9.84. The zero-order valence-electron chi connectivity index (χ0n) is 13.6. The number of carbonyl (C=O) groups excluding carboxylic acids is 2. The van der Waals surface area contributed by atoms with E-state index in [1.54, 1.807) is 13.0 Å². The van der Waals surface area contributed by atoms with Crippen molar-refractivity contribution < 1.29 is 19.1 Å². The highest BCUT2D eigenvalue weighted by atomic mass is 16.6. The molecule has 1 saturated heterocycles. The Morgan fingerprint density at radius 3 is 2.52 bits per heavy atom. The van der Waals surface area contributed by atoms with Crippen LogP contribution in [-0.4, -0.2) is 41.3 Å². The second-order valence-corrected chi connectivity index (χ2v) is 6.33. The Hall–Kier alpha value is -1.52. The molecular formula is C16H27NO4. The Morgan fingerprint density at radius 2 is 2.00 bits per heavy atom. The van der Waals surface area contributed by atoms with Crippen LogP contribution in [0.4, 0.5) is 4.79 Å². The number of hydrogen-bond donors (Lipinski definition) is 0. The lowest BCUT2D eigenvalue weighted by Crippen LogP contribution is -2.60. The van der Waals surface area contributed by atoms with Crippen LogP contribution in [0.1, 0.15) is 53.4 Å². The highest BCUT2D eigenvalue weighted by molar-refractivity contribution is 5.86. The maximum atomic E-state index is 12.5. The first kappa shape index (κ1) is 17.5. The molecule has 1 heterocycles. The summed E-state index contributed by atoms with van der Waals surface area (Å²) in [6.45, 7) is 11.7. The van der Waals surface area contributed by atoms with E-state index in [0.717, 1.165) is 12.8 Å². The van der Waals surface area contributed by atoms with Gasteiger partial charge in [-0.3, -0.25) is 4.90 Å². The molecule has 120 valence electrons. The van der Waals surface area contributed by atoms with Crippen LogP contribution in [0.2, 0.25) is 0 Å². The first-order valence-electron chi connectivity index (χ1n) is 7.55. The van der Waals surface area contributed by atoms with Gasteiger partial charge in [0, 0.05) is 6.54 Å². The Morgan fingerprint density at radius 1 is 1.33 bits per heavy atom. The first-order chi connectivity index (χ1) is 9.77. The largest absolute Gasteiger partial charge is 0.464 e. The van der Waals surface area contributed by atoms with E-state index in [0.29, 0.717) is 26.0 Å². The summed E-state index contributed by atoms with van der Waals surface area (Å²) < 4.78 is 10.7. The van der Waals surface area contributed by atoms with E-state index < -0.39 is 17.2 Å². The molecule has 0 aromatic rings. The predicted molar refractivity (Wildman–Crippen MR) is 81.0 cm³/mol. The van der Waals surface area contributed by atoms with Crippen molar-refractivity contribution in [3.8, 4) is 0 Å². The Kier molecular flexibility index (Phi) is 5.81. The number of ether oxygens (including phenoxy) is 2. The molecule has 0 N–H and O–H groups in total. The summed E-state index contributed by atoms with van der Waals surface area (Å²) in [5, 5.41) is 0. The smallest absolute Gasteiger partial charge is 0.411 e. The molecule has 5 nitrogen and oxygen atoms in total. The number of amides is 1. The van der Waals surface area contributed by atoms with E-state index in [1.165, 1.54) is 4.90 Å². The molecule has 1 aliphatic heterocycles. The first-order valence-corrected chi connectivity index (χ1v) is 7.55. The quantitative estimate of drug-likeness (QED) is 0.590. The summed E-state index contributed by atoms with van der Waals surface area (Å²) in [6.07, 6.45) is 3.91. The highest BCUT2D eigenvalue weighted by Crippen LogP contribution is 2.34. The monoisotopic (exact) mass is 297 g/mol. The van der Waals surface area contributed by atoms with Crippen LogP contribution in [0.5, 0.6) is 0 Å². The molecule has 0 aliphatic carbocycles. The summed E-state index contributed by atoms with van der Waals surface area (Å²) >= 11 is 0. The second-order valence-electron chi connectivity index (χ2n) is 6.33. The summed E-state index contributed by atoms with van der Waals surface area (Å²) in [4.78, 5) is 26.5. The SMILES string of the molecule is C=CCC1(C(=O)OCC)CCCCN1C(=O)OC(C)(C)C. The van der Waals surface area contributed by atoms with Gasteiger partial charge in [-0.15, -0.1) is 6.58 Å². The summed E-state index contributed by atoms with van der Waals surface area (Å²) in [6, 6.07) is 0. The van der Waals surface area contributed by atoms with Crippen LogP contribution in [0.15, 0.2) is 12.7 Å². The minimum absolute atomic E-state index is 0.292. The normalized spacial score (nSPS) is 22.6. The van der Waals surface area contributed by atoms with E-state index in [-0.39, 0.29) is 5.97 Å². The van der Waals surface area contributed by atoms with E-state index in [9.17, 15) is 9.59 Å². The van der Waals surface area contributed by atoms with Gasteiger partial charge in [0.25, 0.3) is 0 Å². The third-order valence-corrected chi connectivity index (χ3v) is 3.49. The fourth-order valence-electron chi connectivity index (χ4n) is 2.63. The summed E-state index contributed by atoms with van der Waals surface area (Å²) in [5.41, 5.74) is -1.57. The number of hydrogen-bond acceptors (Lipinski definition) is 4. The molecular weight excluding hydrogens is 270 g/mol. The van der Waals surface area contributed by atoms with Gasteiger partial charge < -0.3 is 9.47 Å². The number of likely N-dealkylation sites (tertiary alicyclic amines) is 1. The molecule has 1 atom stereocenters. The van der Waals surface area contributed by atoms with Gasteiger partial charge in [-0.25, -0.2) is 9.59 Å². The van der Waals surface area contributed by atoms with Crippen molar-refractivity contribution >= 4 is 12.1 Å². The van der Waals surface area contributed by atoms with E-state index >= 15 is 0 Å². The van der Waals surface area contributed by atoms with Crippen molar-refractivity contribution in [1.29, 1.82) is 0 Å². The molecule has 21 heavy (non-hydrogen) atoms. The molecule has 1 amide bonds. The molecule has 0 radical (unpaired) electrons. The van der Waals surface area contributed by atoms with Crippen LogP contribution in [0.3, 0.4) is 0 Å². The molecule has 0 aromatic heterocycles. The van der Waals surface area contributed by atoms with Crippen LogP contribution < -0.4 is 0 Å². The predicted octanol–water partition coefficient (Wildman–Crippen LogP) is 3.29. The van der Waals surface area contributed by atoms with Gasteiger partial charge >= 0.3 is 12.1 Å². The maximum absolute atomic E-state index is 12.5. The Balaban J connectivity index is 3.07. The van der Waals surface area contributed by atoms with Gasteiger partial charge in [0.1, 0.15) is 11.1 Å².